The molecule has 0 unspecified atom stereocenters. The average Bonchev–Trinajstić information content (AvgIpc) is 1.63. The molecule has 0 spiro atoms. The molecule has 0 aliphatic carbocycles. The topological polar surface area (TPSA) is 24.7 Å². The number of hydrogen-bond acceptors (Lipinski definition) is 1. The highest BCUT2D eigenvalue weighted by atomic mass is 14.8. The van der Waals surface area contributed by atoms with Gasteiger partial charge in [0, 0.05) is 13.3 Å². The van der Waals surface area contributed by atoms with Crippen molar-refractivity contribution in [3.05, 3.63) is 0 Å². The van der Waals surface area contributed by atoms with Crippen molar-refractivity contribution in [2.24, 2.45) is 15.4 Å². The smallest absolute Gasteiger partial charge is 0.109 e. The lowest BCUT2D eigenvalue weighted by atomic mass is 9.99. The molecule has 0 N–H and O–H groups in total. The standard InChI is InChI=1S/C7H14N2/c1-7(2,3)5-9-6-8-4/h5-6H,1-4H3. The van der Waals surface area contributed by atoms with E-state index in [4.69, 9.17) is 0 Å². The van der Waals surface area contributed by atoms with Gasteiger partial charge in [-0.15, -0.1) is 0 Å². The molecule has 52 valence electrons. The minimum Gasteiger partial charge on any atom is -0.277 e. The van der Waals surface area contributed by atoms with Crippen LogP contribution >= 0.6 is 0 Å². The van der Waals surface area contributed by atoms with Crippen molar-refractivity contribution in [1.82, 2.24) is 0 Å². The maximum Gasteiger partial charge on any atom is 0.109 e. The zero-order valence-electron chi connectivity index (χ0n) is 6.55. The summed E-state index contributed by atoms with van der Waals surface area (Å²) in [5.74, 6) is 0. The Morgan fingerprint density at radius 1 is 1.22 bits per heavy atom. The van der Waals surface area contributed by atoms with Crippen molar-refractivity contribution in [1.29, 1.82) is 0 Å². The Morgan fingerprint density at radius 2 is 1.78 bits per heavy atom. The molecule has 0 fully saturated rings. The third-order valence-corrected chi connectivity index (χ3v) is 0.644. The lowest BCUT2D eigenvalue weighted by molar-refractivity contribution is 0.608. The van der Waals surface area contributed by atoms with Gasteiger partial charge in [-0.3, -0.25) is 4.99 Å². The van der Waals surface area contributed by atoms with Gasteiger partial charge in [0.2, 0.25) is 0 Å². The van der Waals surface area contributed by atoms with Crippen molar-refractivity contribution in [3.63, 3.8) is 0 Å². The largest absolute Gasteiger partial charge is 0.277 e. The first-order valence-corrected chi connectivity index (χ1v) is 3.01. The lowest BCUT2D eigenvalue weighted by Crippen LogP contribution is -2.05. The molecular weight excluding hydrogens is 112 g/mol. The molecule has 0 bridgehead atoms. The van der Waals surface area contributed by atoms with Crippen LogP contribution in [0.4, 0.5) is 0 Å². The Labute approximate surface area is 56.7 Å². The monoisotopic (exact) mass is 126 g/mol. The molecular formula is C7H14N2. The predicted molar refractivity (Wildman–Crippen MR) is 42.4 cm³/mol. The molecule has 0 aliphatic rings. The minimum absolute atomic E-state index is 0.168. The van der Waals surface area contributed by atoms with Gasteiger partial charge in [0.05, 0.1) is 0 Å². The van der Waals surface area contributed by atoms with Gasteiger partial charge in [0.25, 0.3) is 0 Å². The Bertz CT molecular complexity index is 117. The van der Waals surface area contributed by atoms with Crippen LogP contribution < -0.4 is 0 Å². The maximum absolute atomic E-state index is 3.94. The van der Waals surface area contributed by atoms with Gasteiger partial charge in [-0.05, 0) is 5.41 Å². The van der Waals surface area contributed by atoms with E-state index in [9.17, 15) is 0 Å². The van der Waals surface area contributed by atoms with E-state index < -0.39 is 0 Å². The van der Waals surface area contributed by atoms with Gasteiger partial charge in [0.15, 0.2) is 0 Å². The van der Waals surface area contributed by atoms with Crippen LogP contribution in [0.5, 0.6) is 0 Å². The fourth-order valence-corrected chi connectivity index (χ4v) is 0.324. The van der Waals surface area contributed by atoms with Crippen molar-refractivity contribution in [2.75, 3.05) is 7.05 Å². The number of nitrogens with zero attached hydrogens (tertiary/aromatic N) is 2. The highest BCUT2D eigenvalue weighted by Gasteiger charge is 2.03. The second-order valence-electron chi connectivity index (χ2n) is 3.02. The SMILES string of the molecule is CN=CN=CC(C)(C)C. The molecule has 0 aliphatic heterocycles. The summed E-state index contributed by atoms with van der Waals surface area (Å²) in [5.41, 5.74) is 0.168. The first-order valence-electron chi connectivity index (χ1n) is 3.01. The van der Waals surface area contributed by atoms with Crippen molar-refractivity contribution in [2.45, 2.75) is 20.8 Å². The van der Waals surface area contributed by atoms with Crippen LogP contribution in [0.3, 0.4) is 0 Å². The highest BCUT2D eigenvalue weighted by molar-refractivity contribution is 5.75. The van der Waals surface area contributed by atoms with Gasteiger partial charge < -0.3 is 0 Å². The predicted octanol–water partition coefficient (Wildman–Crippen LogP) is 1.76. The van der Waals surface area contributed by atoms with Gasteiger partial charge in [0.1, 0.15) is 6.34 Å². The Morgan fingerprint density at radius 3 is 2.11 bits per heavy atom. The Kier molecular flexibility index (Phi) is 3.13. The molecule has 0 heterocycles. The van der Waals surface area contributed by atoms with Gasteiger partial charge in [-0.25, -0.2) is 4.99 Å². The average molecular weight is 126 g/mol. The summed E-state index contributed by atoms with van der Waals surface area (Å²) in [4.78, 5) is 7.66. The third-order valence-electron chi connectivity index (χ3n) is 0.644. The fourth-order valence-electron chi connectivity index (χ4n) is 0.324. The summed E-state index contributed by atoms with van der Waals surface area (Å²) in [5, 5.41) is 0. The van der Waals surface area contributed by atoms with E-state index in [1.54, 1.807) is 13.4 Å². The molecule has 0 rings (SSSR count). The molecule has 9 heavy (non-hydrogen) atoms. The Hall–Kier alpha value is -0.660. The van der Waals surface area contributed by atoms with E-state index in [0.717, 1.165) is 0 Å². The maximum atomic E-state index is 3.94. The third kappa shape index (κ3) is 7.34. The van der Waals surface area contributed by atoms with Crippen LogP contribution in [0.1, 0.15) is 20.8 Å². The van der Waals surface area contributed by atoms with Crippen LogP contribution in [0.25, 0.3) is 0 Å². The van der Waals surface area contributed by atoms with Crippen LogP contribution in [0, 0.1) is 5.41 Å². The summed E-state index contributed by atoms with van der Waals surface area (Å²) < 4.78 is 0. The van der Waals surface area contributed by atoms with E-state index in [0.29, 0.717) is 0 Å². The van der Waals surface area contributed by atoms with Crippen LogP contribution in [-0.4, -0.2) is 19.6 Å². The molecule has 0 atom stereocenters. The van der Waals surface area contributed by atoms with Gasteiger partial charge >= 0.3 is 0 Å². The zero-order valence-corrected chi connectivity index (χ0v) is 6.55. The molecule has 0 saturated heterocycles. The van der Waals surface area contributed by atoms with E-state index in [-0.39, 0.29) is 5.41 Å². The summed E-state index contributed by atoms with van der Waals surface area (Å²) >= 11 is 0. The summed E-state index contributed by atoms with van der Waals surface area (Å²) in [6, 6.07) is 0. The normalized spacial score (nSPS) is 13.8. The molecule has 0 aromatic heterocycles. The number of hydrogen-bond donors (Lipinski definition) is 0. The molecule has 2 heteroatoms. The molecule has 0 aromatic carbocycles. The Balaban J connectivity index is 3.71. The first-order chi connectivity index (χ1) is 4.06. The summed E-state index contributed by atoms with van der Waals surface area (Å²) in [6.45, 7) is 6.29. The van der Waals surface area contributed by atoms with E-state index in [2.05, 4.69) is 30.8 Å². The van der Waals surface area contributed by atoms with Gasteiger partial charge in [-0.2, -0.15) is 0 Å². The highest BCUT2D eigenvalue weighted by Crippen LogP contribution is 2.07. The van der Waals surface area contributed by atoms with E-state index in [1.807, 2.05) is 6.21 Å². The minimum atomic E-state index is 0.168. The molecule has 0 saturated carbocycles. The second-order valence-corrected chi connectivity index (χ2v) is 3.02. The summed E-state index contributed by atoms with van der Waals surface area (Å²) in [6.07, 6.45) is 3.42. The fraction of sp³-hybridized carbons (Fsp3) is 0.714. The summed E-state index contributed by atoms with van der Waals surface area (Å²) in [7, 11) is 1.71. The van der Waals surface area contributed by atoms with Crippen LogP contribution in [0.2, 0.25) is 0 Å². The zero-order chi connectivity index (χ0) is 7.33. The first kappa shape index (κ1) is 8.34. The number of rotatable bonds is 1. The van der Waals surface area contributed by atoms with Crippen molar-refractivity contribution >= 4 is 12.6 Å². The second kappa shape index (κ2) is 3.38. The van der Waals surface area contributed by atoms with Crippen LogP contribution in [-0.2, 0) is 0 Å². The van der Waals surface area contributed by atoms with Crippen LogP contribution in [0.15, 0.2) is 9.98 Å². The molecule has 0 aromatic rings. The quantitative estimate of drug-likeness (QED) is 0.378. The van der Waals surface area contributed by atoms with Crippen molar-refractivity contribution < 1.29 is 0 Å². The molecule has 0 amide bonds. The molecule has 0 radical (unpaired) electrons. The van der Waals surface area contributed by atoms with E-state index >= 15 is 0 Å². The van der Waals surface area contributed by atoms with Crippen molar-refractivity contribution in [3.8, 4) is 0 Å². The van der Waals surface area contributed by atoms with E-state index in [1.165, 1.54) is 0 Å². The number of aliphatic imine (C=N–C) groups is 2. The lowest BCUT2D eigenvalue weighted by Gasteiger charge is -2.08. The van der Waals surface area contributed by atoms with Gasteiger partial charge in [-0.1, -0.05) is 20.8 Å². The molecule has 2 nitrogen and oxygen atoms in total.